The SMILES string of the molecule is CCCCC(N)c1nc(CSc2ccccc2Cl)no1. The number of nitrogens with two attached hydrogens (primary N) is 1. The van der Waals surface area contributed by atoms with Crippen LogP contribution >= 0.6 is 23.4 Å². The first-order valence-electron chi connectivity index (χ1n) is 6.66. The highest BCUT2D eigenvalue weighted by Gasteiger charge is 2.14. The van der Waals surface area contributed by atoms with Gasteiger partial charge in [0, 0.05) is 4.90 Å². The molecule has 108 valence electrons. The van der Waals surface area contributed by atoms with Gasteiger partial charge in [-0.25, -0.2) is 0 Å². The topological polar surface area (TPSA) is 64.9 Å². The van der Waals surface area contributed by atoms with E-state index in [-0.39, 0.29) is 6.04 Å². The Balaban J connectivity index is 1.91. The van der Waals surface area contributed by atoms with Crippen LogP contribution in [0.3, 0.4) is 0 Å². The van der Waals surface area contributed by atoms with Gasteiger partial charge in [0.1, 0.15) is 0 Å². The van der Waals surface area contributed by atoms with Crippen LogP contribution in [0.15, 0.2) is 33.7 Å². The molecule has 0 bridgehead atoms. The molecule has 2 aromatic rings. The summed E-state index contributed by atoms with van der Waals surface area (Å²) in [4.78, 5) is 5.35. The lowest BCUT2D eigenvalue weighted by atomic mass is 10.1. The van der Waals surface area contributed by atoms with E-state index in [0.29, 0.717) is 17.5 Å². The van der Waals surface area contributed by atoms with Crippen molar-refractivity contribution in [3.63, 3.8) is 0 Å². The Hall–Kier alpha value is -1.04. The number of halogens is 1. The van der Waals surface area contributed by atoms with Crippen LogP contribution in [0.5, 0.6) is 0 Å². The predicted molar refractivity (Wildman–Crippen MR) is 81.8 cm³/mol. The predicted octanol–water partition coefficient (Wildman–Crippen LogP) is 4.21. The highest BCUT2D eigenvalue weighted by atomic mass is 35.5. The maximum Gasteiger partial charge on any atom is 0.243 e. The van der Waals surface area contributed by atoms with E-state index < -0.39 is 0 Å². The number of aromatic nitrogens is 2. The maximum absolute atomic E-state index is 6.10. The van der Waals surface area contributed by atoms with E-state index in [1.165, 1.54) is 0 Å². The van der Waals surface area contributed by atoms with Gasteiger partial charge in [-0.3, -0.25) is 0 Å². The van der Waals surface area contributed by atoms with E-state index in [4.69, 9.17) is 21.9 Å². The number of thioether (sulfide) groups is 1. The van der Waals surface area contributed by atoms with E-state index >= 15 is 0 Å². The fourth-order valence-electron chi connectivity index (χ4n) is 1.73. The van der Waals surface area contributed by atoms with Gasteiger partial charge in [-0.15, -0.1) is 11.8 Å². The number of unbranched alkanes of at least 4 members (excludes halogenated alkanes) is 1. The second-order valence-electron chi connectivity index (χ2n) is 4.52. The van der Waals surface area contributed by atoms with Crippen LogP contribution < -0.4 is 5.73 Å². The lowest BCUT2D eigenvalue weighted by molar-refractivity contribution is 0.343. The number of hydrogen-bond donors (Lipinski definition) is 1. The molecule has 6 heteroatoms. The average Bonchev–Trinajstić information content (AvgIpc) is 2.93. The monoisotopic (exact) mass is 311 g/mol. The Morgan fingerprint density at radius 2 is 2.20 bits per heavy atom. The van der Waals surface area contributed by atoms with Crippen molar-refractivity contribution < 1.29 is 4.52 Å². The van der Waals surface area contributed by atoms with Crippen molar-refractivity contribution in [2.24, 2.45) is 5.73 Å². The summed E-state index contributed by atoms with van der Waals surface area (Å²) >= 11 is 7.68. The molecule has 1 aromatic heterocycles. The van der Waals surface area contributed by atoms with Crippen LogP contribution in [0.1, 0.15) is 43.9 Å². The molecule has 2 N–H and O–H groups in total. The summed E-state index contributed by atoms with van der Waals surface area (Å²) in [5, 5.41) is 4.70. The fourth-order valence-corrected chi connectivity index (χ4v) is 2.81. The minimum absolute atomic E-state index is 0.165. The van der Waals surface area contributed by atoms with Crippen LogP contribution in [0.2, 0.25) is 5.02 Å². The Bertz CT molecular complexity index is 547. The summed E-state index contributed by atoms with van der Waals surface area (Å²) in [7, 11) is 0. The molecule has 20 heavy (non-hydrogen) atoms. The van der Waals surface area contributed by atoms with Crippen LogP contribution in [0, 0.1) is 0 Å². The molecule has 0 aliphatic carbocycles. The molecule has 0 spiro atoms. The largest absolute Gasteiger partial charge is 0.338 e. The number of nitrogens with zero attached hydrogens (tertiary/aromatic N) is 2. The van der Waals surface area contributed by atoms with Crippen molar-refractivity contribution in [2.75, 3.05) is 0 Å². The molecule has 1 unspecified atom stereocenters. The van der Waals surface area contributed by atoms with E-state index in [0.717, 1.165) is 29.2 Å². The van der Waals surface area contributed by atoms with Gasteiger partial charge in [0.05, 0.1) is 16.8 Å². The van der Waals surface area contributed by atoms with Crippen molar-refractivity contribution in [1.82, 2.24) is 10.1 Å². The third kappa shape index (κ3) is 4.23. The molecule has 0 saturated carbocycles. The van der Waals surface area contributed by atoms with Gasteiger partial charge in [-0.05, 0) is 18.6 Å². The number of hydrogen-bond acceptors (Lipinski definition) is 5. The molecule has 0 saturated heterocycles. The summed E-state index contributed by atoms with van der Waals surface area (Å²) in [5.74, 6) is 1.79. The van der Waals surface area contributed by atoms with Crippen LogP contribution in [-0.4, -0.2) is 10.1 Å². The highest BCUT2D eigenvalue weighted by Crippen LogP contribution is 2.28. The lowest BCUT2D eigenvalue weighted by Crippen LogP contribution is -2.10. The molecule has 1 heterocycles. The summed E-state index contributed by atoms with van der Waals surface area (Å²) < 4.78 is 5.21. The summed E-state index contributed by atoms with van der Waals surface area (Å²) in [6.45, 7) is 2.13. The van der Waals surface area contributed by atoms with Crippen molar-refractivity contribution in [1.29, 1.82) is 0 Å². The number of benzene rings is 1. The molecule has 1 atom stereocenters. The Kier molecular flexibility index (Phi) is 5.88. The zero-order valence-electron chi connectivity index (χ0n) is 11.4. The average molecular weight is 312 g/mol. The maximum atomic E-state index is 6.10. The normalized spacial score (nSPS) is 12.6. The first-order chi connectivity index (χ1) is 9.70. The van der Waals surface area contributed by atoms with Gasteiger partial charge in [-0.1, -0.05) is 48.7 Å². The van der Waals surface area contributed by atoms with Gasteiger partial charge in [0.2, 0.25) is 5.89 Å². The molecule has 0 aliphatic rings. The first-order valence-corrected chi connectivity index (χ1v) is 8.02. The fraction of sp³-hybridized carbons (Fsp3) is 0.429. The second kappa shape index (κ2) is 7.67. The van der Waals surface area contributed by atoms with Gasteiger partial charge >= 0.3 is 0 Å². The third-order valence-electron chi connectivity index (χ3n) is 2.86. The van der Waals surface area contributed by atoms with Crippen molar-refractivity contribution >= 4 is 23.4 Å². The van der Waals surface area contributed by atoms with Crippen LogP contribution in [0.25, 0.3) is 0 Å². The quantitative estimate of drug-likeness (QED) is 0.776. The minimum Gasteiger partial charge on any atom is -0.338 e. The first kappa shape index (κ1) is 15.4. The van der Waals surface area contributed by atoms with Crippen molar-refractivity contribution in [3.8, 4) is 0 Å². The smallest absolute Gasteiger partial charge is 0.243 e. The zero-order valence-corrected chi connectivity index (χ0v) is 13.0. The van der Waals surface area contributed by atoms with Crippen molar-refractivity contribution in [2.45, 2.75) is 42.9 Å². The molecular weight excluding hydrogens is 294 g/mol. The number of rotatable bonds is 7. The standard InChI is InChI=1S/C14H18ClN3OS/c1-2-3-7-11(16)14-17-13(18-19-14)9-20-12-8-5-4-6-10(12)15/h4-6,8,11H,2-3,7,9,16H2,1H3. The molecular formula is C14H18ClN3OS. The second-order valence-corrected chi connectivity index (χ2v) is 5.94. The molecule has 1 aromatic carbocycles. The van der Waals surface area contributed by atoms with Gasteiger partial charge in [-0.2, -0.15) is 4.98 Å². The minimum atomic E-state index is -0.165. The Morgan fingerprint density at radius 3 is 2.95 bits per heavy atom. The van der Waals surface area contributed by atoms with Crippen molar-refractivity contribution in [3.05, 3.63) is 41.0 Å². The van der Waals surface area contributed by atoms with Crippen LogP contribution in [-0.2, 0) is 5.75 Å². The summed E-state index contributed by atoms with van der Waals surface area (Å²) in [6, 6.07) is 7.54. The van der Waals surface area contributed by atoms with E-state index in [2.05, 4.69) is 17.1 Å². The van der Waals surface area contributed by atoms with E-state index in [9.17, 15) is 0 Å². The third-order valence-corrected chi connectivity index (χ3v) is 4.37. The highest BCUT2D eigenvalue weighted by molar-refractivity contribution is 7.98. The zero-order chi connectivity index (χ0) is 14.4. The van der Waals surface area contributed by atoms with Gasteiger partial charge in [0.25, 0.3) is 0 Å². The molecule has 0 amide bonds. The molecule has 0 fully saturated rings. The van der Waals surface area contributed by atoms with Gasteiger partial charge < -0.3 is 10.3 Å². The van der Waals surface area contributed by atoms with E-state index in [1.54, 1.807) is 11.8 Å². The summed E-state index contributed by atoms with van der Waals surface area (Å²) in [6.07, 6.45) is 3.04. The van der Waals surface area contributed by atoms with E-state index in [1.807, 2.05) is 24.3 Å². The molecule has 0 radical (unpaired) electrons. The molecule has 0 aliphatic heterocycles. The Labute approximate surface area is 128 Å². The lowest BCUT2D eigenvalue weighted by Gasteiger charge is -2.03. The molecule has 2 rings (SSSR count). The van der Waals surface area contributed by atoms with Gasteiger partial charge in [0.15, 0.2) is 5.82 Å². The molecule has 4 nitrogen and oxygen atoms in total. The summed E-state index contributed by atoms with van der Waals surface area (Å²) in [5.41, 5.74) is 6.00. The Morgan fingerprint density at radius 1 is 1.40 bits per heavy atom. The van der Waals surface area contributed by atoms with Crippen LogP contribution in [0.4, 0.5) is 0 Å².